The second-order valence-electron chi connectivity index (χ2n) is 8.39. The number of amides is 1. The van der Waals surface area contributed by atoms with Gasteiger partial charge in [-0.05, 0) is 71.0 Å². The van der Waals surface area contributed by atoms with Crippen LogP contribution in [0.3, 0.4) is 0 Å². The summed E-state index contributed by atoms with van der Waals surface area (Å²) in [6.45, 7) is 10.8. The molecule has 6 heteroatoms. The molecule has 3 fully saturated rings. The van der Waals surface area contributed by atoms with Gasteiger partial charge in [-0.3, -0.25) is 9.48 Å². The largest absolute Gasteiger partial charge is 0.373 e. The lowest BCUT2D eigenvalue weighted by Gasteiger charge is -2.39. The Morgan fingerprint density at radius 2 is 2.12 bits per heavy atom. The maximum absolute atomic E-state index is 13.1. The second kappa shape index (κ2) is 7.31. The van der Waals surface area contributed by atoms with Crippen molar-refractivity contribution in [2.75, 3.05) is 39.3 Å². The van der Waals surface area contributed by atoms with Gasteiger partial charge in [-0.15, -0.1) is 0 Å². The van der Waals surface area contributed by atoms with Gasteiger partial charge < -0.3 is 14.5 Å². The van der Waals surface area contributed by atoms with Crippen molar-refractivity contribution >= 4 is 5.91 Å². The first kappa shape index (κ1) is 18.0. The molecule has 1 spiro atoms. The van der Waals surface area contributed by atoms with Gasteiger partial charge in [0.25, 0.3) is 5.91 Å². The summed E-state index contributed by atoms with van der Waals surface area (Å²) >= 11 is 0. The fourth-order valence-electron chi connectivity index (χ4n) is 5.06. The standard InChI is InChI=1S/C20H32N4O2/c1-3-24-18(11-16(2)21-24)19(25)23-10-6-7-20(15-23)12-17(14-26-20)13-22-8-4-5-9-22/h11,17H,3-10,12-15H2,1-2H3/t17-,20-/m0/s1. The van der Waals surface area contributed by atoms with Crippen molar-refractivity contribution in [3.63, 3.8) is 0 Å². The number of carbonyl (C=O) groups excluding carboxylic acids is 1. The number of carbonyl (C=O) groups is 1. The van der Waals surface area contributed by atoms with Crippen molar-refractivity contribution in [2.45, 2.75) is 58.1 Å². The van der Waals surface area contributed by atoms with E-state index in [2.05, 4.69) is 10.00 Å². The quantitative estimate of drug-likeness (QED) is 0.827. The Labute approximate surface area is 156 Å². The topological polar surface area (TPSA) is 50.6 Å². The first-order valence-corrected chi connectivity index (χ1v) is 10.3. The molecule has 3 saturated heterocycles. The van der Waals surface area contributed by atoms with E-state index in [-0.39, 0.29) is 11.5 Å². The molecular formula is C20H32N4O2. The summed E-state index contributed by atoms with van der Waals surface area (Å²) < 4.78 is 8.16. The van der Waals surface area contributed by atoms with Gasteiger partial charge in [-0.25, -0.2) is 0 Å². The number of hydrogen-bond donors (Lipinski definition) is 0. The lowest BCUT2D eigenvalue weighted by Crippen LogP contribution is -2.50. The second-order valence-corrected chi connectivity index (χ2v) is 8.39. The van der Waals surface area contributed by atoms with Crippen molar-refractivity contribution < 1.29 is 9.53 Å². The van der Waals surface area contributed by atoms with E-state index >= 15 is 0 Å². The first-order chi connectivity index (χ1) is 12.6. The first-order valence-electron chi connectivity index (χ1n) is 10.3. The van der Waals surface area contributed by atoms with Crippen molar-refractivity contribution in [1.29, 1.82) is 0 Å². The van der Waals surface area contributed by atoms with Crippen molar-refractivity contribution in [1.82, 2.24) is 19.6 Å². The molecule has 144 valence electrons. The third-order valence-electron chi connectivity index (χ3n) is 6.25. The molecule has 3 aliphatic heterocycles. The molecule has 0 aromatic carbocycles. The smallest absolute Gasteiger partial charge is 0.272 e. The van der Waals surface area contributed by atoms with Gasteiger partial charge in [-0.2, -0.15) is 5.10 Å². The zero-order valence-electron chi connectivity index (χ0n) is 16.2. The van der Waals surface area contributed by atoms with Crippen molar-refractivity contribution in [3.8, 4) is 0 Å². The van der Waals surface area contributed by atoms with Crippen molar-refractivity contribution in [2.24, 2.45) is 5.92 Å². The predicted octanol–water partition coefficient (Wildman–Crippen LogP) is 2.32. The molecule has 1 amide bonds. The summed E-state index contributed by atoms with van der Waals surface area (Å²) in [6.07, 6.45) is 5.89. The Morgan fingerprint density at radius 1 is 1.31 bits per heavy atom. The number of aryl methyl sites for hydroxylation is 2. The number of aromatic nitrogens is 2. The number of likely N-dealkylation sites (tertiary alicyclic amines) is 2. The zero-order chi connectivity index (χ0) is 18.1. The molecule has 6 nitrogen and oxygen atoms in total. The summed E-state index contributed by atoms with van der Waals surface area (Å²) in [7, 11) is 0. The summed E-state index contributed by atoms with van der Waals surface area (Å²) in [6, 6.07) is 1.92. The van der Waals surface area contributed by atoms with E-state index in [0.29, 0.717) is 11.6 Å². The van der Waals surface area contributed by atoms with Crippen LogP contribution in [0.1, 0.15) is 55.2 Å². The van der Waals surface area contributed by atoms with Gasteiger partial charge in [0.2, 0.25) is 0 Å². The Bertz CT molecular complexity index is 652. The van der Waals surface area contributed by atoms with Crippen LogP contribution in [-0.2, 0) is 11.3 Å². The molecule has 3 aliphatic rings. The van der Waals surface area contributed by atoms with Crippen LogP contribution in [0, 0.1) is 12.8 Å². The molecule has 0 unspecified atom stereocenters. The molecule has 0 bridgehead atoms. The fourth-order valence-corrected chi connectivity index (χ4v) is 5.06. The summed E-state index contributed by atoms with van der Waals surface area (Å²) in [5.41, 5.74) is 1.50. The average Bonchev–Trinajstić information content (AvgIpc) is 3.36. The van der Waals surface area contributed by atoms with Crippen LogP contribution < -0.4 is 0 Å². The lowest BCUT2D eigenvalue weighted by atomic mass is 9.86. The molecule has 0 radical (unpaired) electrons. The maximum Gasteiger partial charge on any atom is 0.272 e. The van der Waals surface area contributed by atoms with Crippen LogP contribution in [-0.4, -0.2) is 70.4 Å². The van der Waals surface area contributed by atoms with E-state index in [0.717, 1.165) is 57.7 Å². The minimum absolute atomic E-state index is 0.109. The SMILES string of the molecule is CCn1nc(C)cc1C(=O)N1CCC[C@]2(C[C@@H](CN3CCCC3)CO2)C1. The van der Waals surface area contributed by atoms with Crippen LogP contribution in [0.5, 0.6) is 0 Å². The third-order valence-corrected chi connectivity index (χ3v) is 6.25. The van der Waals surface area contributed by atoms with E-state index in [1.54, 1.807) is 0 Å². The molecule has 26 heavy (non-hydrogen) atoms. The van der Waals surface area contributed by atoms with Gasteiger partial charge in [-0.1, -0.05) is 0 Å². The fraction of sp³-hybridized carbons (Fsp3) is 0.800. The number of hydrogen-bond acceptors (Lipinski definition) is 4. The Kier molecular flexibility index (Phi) is 5.06. The summed E-state index contributed by atoms with van der Waals surface area (Å²) in [5.74, 6) is 0.727. The van der Waals surface area contributed by atoms with Gasteiger partial charge in [0.1, 0.15) is 5.69 Å². The van der Waals surface area contributed by atoms with E-state index in [9.17, 15) is 4.79 Å². The highest BCUT2D eigenvalue weighted by atomic mass is 16.5. The van der Waals surface area contributed by atoms with Crippen LogP contribution in [0.15, 0.2) is 6.07 Å². The number of nitrogens with zero attached hydrogens (tertiary/aromatic N) is 4. The highest BCUT2D eigenvalue weighted by molar-refractivity contribution is 5.92. The lowest BCUT2D eigenvalue weighted by molar-refractivity contribution is -0.0452. The van der Waals surface area contributed by atoms with E-state index in [1.165, 1.54) is 25.9 Å². The highest BCUT2D eigenvalue weighted by Gasteiger charge is 2.45. The third kappa shape index (κ3) is 3.54. The summed E-state index contributed by atoms with van der Waals surface area (Å²) in [4.78, 5) is 17.7. The highest BCUT2D eigenvalue weighted by Crippen LogP contribution is 2.38. The molecule has 0 aliphatic carbocycles. The monoisotopic (exact) mass is 360 g/mol. The van der Waals surface area contributed by atoms with Crippen molar-refractivity contribution in [3.05, 3.63) is 17.5 Å². The molecule has 4 rings (SSSR count). The normalized spacial score (nSPS) is 29.8. The van der Waals surface area contributed by atoms with E-state index in [4.69, 9.17) is 4.74 Å². The van der Waals surface area contributed by atoms with Crippen LogP contribution in [0.4, 0.5) is 0 Å². The maximum atomic E-state index is 13.1. The van der Waals surface area contributed by atoms with Gasteiger partial charge in [0.15, 0.2) is 0 Å². The summed E-state index contributed by atoms with van der Waals surface area (Å²) in [5, 5.41) is 4.44. The van der Waals surface area contributed by atoms with Gasteiger partial charge >= 0.3 is 0 Å². The average molecular weight is 361 g/mol. The van der Waals surface area contributed by atoms with Crippen LogP contribution in [0.25, 0.3) is 0 Å². The van der Waals surface area contributed by atoms with E-state index < -0.39 is 0 Å². The van der Waals surface area contributed by atoms with Gasteiger partial charge in [0.05, 0.1) is 24.4 Å². The molecule has 2 atom stereocenters. The number of ether oxygens (including phenoxy) is 1. The minimum Gasteiger partial charge on any atom is -0.373 e. The molecule has 0 N–H and O–H groups in total. The molecule has 4 heterocycles. The minimum atomic E-state index is -0.121. The molecular weight excluding hydrogens is 328 g/mol. The Balaban J connectivity index is 1.41. The van der Waals surface area contributed by atoms with Crippen LogP contribution in [0.2, 0.25) is 0 Å². The van der Waals surface area contributed by atoms with Crippen LogP contribution >= 0.6 is 0 Å². The Hall–Kier alpha value is -1.40. The van der Waals surface area contributed by atoms with Gasteiger partial charge in [0, 0.05) is 19.6 Å². The zero-order valence-corrected chi connectivity index (χ0v) is 16.2. The number of piperidine rings is 1. The molecule has 0 saturated carbocycles. The number of rotatable bonds is 4. The molecule has 1 aromatic rings. The molecule has 1 aromatic heterocycles. The van der Waals surface area contributed by atoms with E-state index in [1.807, 2.05) is 29.5 Å². The predicted molar refractivity (Wildman–Crippen MR) is 100 cm³/mol. The Morgan fingerprint density at radius 3 is 2.88 bits per heavy atom.